The Morgan fingerprint density at radius 2 is 1.34 bits per heavy atom. The summed E-state index contributed by atoms with van der Waals surface area (Å²) in [5.41, 5.74) is 3.86. The normalized spacial score (nSPS) is 13.4. The highest BCUT2D eigenvalue weighted by molar-refractivity contribution is 5.92. The van der Waals surface area contributed by atoms with Gasteiger partial charge < -0.3 is 15.2 Å². The summed E-state index contributed by atoms with van der Waals surface area (Å²) in [4.78, 5) is 37.6. The Morgan fingerprint density at radius 3 is 1.92 bits per heavy atom. The van der Waals surface area contributed by atoms with E-state index in [0.717, 1.165) is 16.7 Å². The Morgan fingerprint density at radius 1 is 0.763 bits per heavy atom. The minimum absolute atomic E-state index is 0.0809. The number of ether oxygens (including phenoxy) is 1. The number of nitrogens with one attached hydrogen (secondary N) is 2. The molecule has 3 rings (SSSR count). The topological polar surface area (TPSA) is 105 Å². The second kappa shape index (κ2) is 14.1. The Labute approximate surface area is 224 Å². The van der Waals surface area contributed by atoms with E-state index in [0.29, 0.717) is 24.9 Å². The van der Waals surface area contributed by atoms with Gasteiger partial charge in [0.15, 0.2) is 0 Å². The van der Waals surface area contributed by atoms with Crippen LogP contribution in [0.1, 0.15) is 39.2 Å². The molecule has 0 radical (unpaired) electrons. The monoisotopic (exact) mass is 516 g/mol. The van der Waals surface area contributed by atoms with Gasteiger partial charge in [-0.15, -0.1) is 0 Å². The van der Waals surface area contributed by atoms with Crippen molar-refractivity contribution in [2.45, 2.75) is 58.2 Å². The number of carboxylic acids is 1. The molecule has 3 atom stereocenters. The van der Waals surface area contributed by atoms with Gasteiger partial charge in [0.1, 0.15) is 18.1 Å². The van der Waals surface area contributed by atoms with Gasteiger partial charge in [0.25, 0.3) is 0 Å². The lowest BCUT2D eigenvalue weighted by atomic mass is 10.0. The second-order valence-electron chi connectivity index (χ2n) is 9.81. The van der Waals surface area contributed by atoms with Crippen molar-refractivity contribution in [2.24, 2.45) is 5.92 Å². The van der Waals surface area contributed by atoms with Crippen LogP contribution >= 0.6 is 0 Å². The van der Waals surface area contributed by atoms with Crippen LogP contribution in [0.15, 0.2) is 84.9 Å². The molecule has 7 nitrogen and oxygen atoms in total. The number of aliphatic carboxylic acids is 1. The number of anilines is 1. The Bertz CT molecular complexity index is 1180. The highest BCUT2D eigenvalue weighted by Gasteiger charge is 2.30. The van der Waals surface area contributed by atoms with Gasteiger partial charge in [-0.25, -0.2) is 9.59 Å². The fourth-order valence-corrected chi connectivity index (χ4v) is 4.14. The highest BCUT2D eigenvalue weighted by Crippen LogP contribution is 2.21. The van der Waals surface area contributed by atoms with Crippen molar-refractivity contribution in [2.75, 3.05) is 5.32 Å². The number of carbonyl (C=O) groups excluding carboxylic acids is 2. The fraction of sp³-hybridized carbons (Fsp3) is 0.323. The molecule has 0 spiro atoms. The summed E-state index contributed by atoms with van der Waals surface area (Å²) in [5.74, 6) is -2.48. The SMILES string of the molecule is CC(C)C[C@H](NC(CCc1ccccc1)C(=O)O)C(=O)OC(=O)[C@H](C)Nc1ccc(-c2ccccc2)cc1. The number of hydrogen-bond acceptors (Lipinski definition) is 6. The molecular weight excluding hydrogens is 480 g/mol. The van der Waals surface area contributed by atoms with E-state index < -0.39 is 36.0 Å². The van der Waals surface area contributed by atoms with Crippen LogP contribution in [-0.2, 0) is 25.5 Å². The number of carbonyl (C=O) groups is 3. The van der Waals surface area contributed by atoms with E-state index in [1.165, 1.54) is 0 Å². The Hall–Kier alpha value is -3.97. The molecule has 0 bridgehead atoms. The Kier molecular flexibility index (Phi) is 10.6. The molecule has 3 N–H and O–H groups in total. The third-order valence-electron chi connectivity index (χ3n) is 6.19. The van der Waals surface area contributed by atoms with Gasteiger partial charge in [-0.1, -0.05) is 86.6 Å². The van der Waals surface area contributed by atoms with Crippen molar-refractivity contribution in [3.05, 3.63) is 90.5 Å². The zero-order valence-corrected chi connectivity index (χ0v) is 22.1. The number of carboxylic acid groups (broad SMARTS) is 1. The van der Waals surface area contributed by atoms with Crippen LogP contribution in [0.25, 0.3) is 11.1 Å². The van der Waals surface area contributed by atoms with E-state index in [9.17, 15) is 19.5 Å². The molecule has 0 aliphatic rings. The molecule has 0 heterocycles. The maximum absolute atomic E-state index is 13.0. The van der Waals surface area contributed by atoms with Gasteiger partial charge in [-0.05, 0) is 60.9 Å². The first kappa shape index (κ1) is 28.6. The minimum atomic E-state index is -1.05. The van der Waals surface area contributed by atoms with E-state index >= 15 is 0 Å². The summed E-state index contributed by atoms with van der Waals surface area (Å²) in [7, 11) is 0. The van der Waals surface area contributed by atoms with Gasteiger partial charge in [-0.2, -0.15) is 0 Å². The molecule has 3 aromatic carbocycles. The molecule has 38 heavy (non-hydrogen) atoms. The quantitative estimate of drug-likeness (QED) is 0.209. The van der Waals surface area contributed by atoms with Crippen LogP contribution in [0, 0.1) is 5.92 Å². The number of hydrogen-bond donors (Lipinski definition) is 3. The van der Waals surface area contributed by atoms with Crippen molar-refractivity contribution >= 4 is 23.6 Å². The van der Waals surface area contributed by atoms with E-state index in [1.807, 2.05) is 98.8 Å². The largest absolute Gasteiger partial charge is 0.480 e. The van der Waals surface area contributed by atoms with Crippen molar-refractivity contribution in [3.63, 3.8) is 0 Å². The standard InChI is InChI=1S/C31H36N2O5/c1-21(2)20-28(33-27(29(34)35)19-14-23-10-6-4-7-11-23)31(37)38-30(36)22(3)32-26-17-15-25(16-18-26)24-12-8-5-9-13-24/h4-13,15-18,21-22,27-28,32-33H,14,19-20H2,1-3H3,(H,34,35)/t22-,27?,28-/m0/s1. The molecular formula is C31H36N2O5. The first-order valence-corrected chi connectivity index (χ1v) is 12.9. The maximum Gasteiger partial charge on any atom is 0.335 e. The third-order valence-corrected chi connectivity index (χ3v) is 6.19. The molecule has 0 aliphatic carbocycles. The van der Waals surface area contributed by atoms with Crippen LogP contribution in [0.5, 0.6) is 0 Å². The summed E-state index contributed by atoms with van der Waals surface area (Å²) >= 11 is 0. The maximum atomic E-state index is 13.0. The molecule has 200 valence electrons. The smallest absolute Gasteiger partial charge is 0.335 e. The lowest BCUT2D eigenvalue weighted by Gasteiger charge is -2.24. The van der Waals surface area contributed by atoms with Crippen LogP contribution in [0.2, 0.25) is 0 Å². The summed E-state index contributed by atoms with van der Waals surface area (Å²) in [6.07, 6.45) is 1.17. The zero-order valence-electron chi connectivity index (χ0n) is 22.1. The minimum Gasteiger partial charge on any atom is -0.480 e. The van der Waals surface area contributed by atoms with Gasteiger partial charge >= 0.3 is 17.9 Å². The fourth-order valence-electron chi connectivity index (χ4n) is 4.14. The zero-order chi connectivity index (χ0) is 27.5. The van der Waals surface area contributed by atoms with Crippen LogP contribution < -0.4 is 10.6 Å². The molecule has 1 unspecified atom stereocenters. The second-order valence-corrected chi connectivity index (χ2v) is 9.81. The number of benzene rings is 3. The number of esters is 2. The molecule has 0 aliphatic heterocycles. The molecule has 3 aromatic rings. The van der Waals surface area contributed by atoms with E-state index in [1.54, 1.807) is 6.92 Å². The van der Waals surface area contributed by atoms with Gasteiger partial charge in [0, 0.05) is 5.69 Å². The van der Waals surface area contributed by atoms with Gasteiger partial charge in [-0.3, -0.25) is 10.1 Å². The third kappa shape index (κ3) is 8.85. The molecule has 0 saturated heterocycles. The van der Waals surface area contributed by atoms with Crippen molar-refractivity contribution in [1.82, 2.24) is 5.32 Å². The molecule has 0 saturated carbocycles. The molecule has 0 fully saturated rings. The van der Waals surface area contributed by atoms with Crippen molar-refractivity contribution < 1.29 is 24.2 Å². The predicted molar refractivity (Wildman–Crippen MR) is 149 cm³/mol. The van der Waals surface area contributed by atoms with Crippen LogP contribution in [0.3, 0.4) is 0 Å². The lowest BCUT2D eigenvalue weighted by molar-refractivity contribution is -0.162. The van der Waals surface area contributed by atoms with Crippen molar-refractivity contribution in [3.8, 4) is 11.1 Å². The van der Waals surface area contributed by atoms with Gasteiger partial charge in [0.05, 0.1) is 0 Å². The van der Waals surface area contributed by atoms with E-state index in [4.69, 9.17) is 4.74 Å². The summed E-state index contributed by atoms with van der Waals surface area (Å²) in [6.45, 7) is 5.46. The Balaban J connectivity index is 1.59. The van der Waals surface area contributed by atoms with E-state index in [-0.39, 0.29) is 5.92 Å². The van der Waals surface area contributed by atoms with Crippen LogP contribution in [0.4, 0.5) is 5.69 Å². The van der Waals surface area contributed by atoms with Crippen molar-refractivity contribution in [1.29, 1.82) is 0 Å². The molecule has 0 amide bonds. The van der Waals surface area contributed by atoms with E-state index in [2.05, 4.69) is 10.6 Å². The average Bonchev–Trinajstić information content (AvgIpc) is 2.91. The van der Waals surface area contributed by atoms with Crippen LogP contribution in [-0.4, -0.2) is 41.1 Å². The van der Waals surface area contributed by atoms with Gasteiger partial charge in [0.2, 0.25) is 0 Å². The number of rotatable bonds is 13. The average molecular weight is 517 g/mol. The highest BCUT2D eigenvalue weighted by atomic mass is 16.6. The predicted octanol–water partition coefficient (Wildman–Crippen LogP) is 5.31. The molecule has 7 heteroatoms. The first-order valence-electron chi connectivity index (χ1n) is 12.9. The summed E-state index contributed by atoms with van der Waals surface area (Å²) < 4.78 is 5.19. The first-order chi connectivity index (χ1) is 18.2. The number of aryl methyl sites for hydroxylation is 1. The lowest BCUT2D eigenvalue weighted by Crippen LogP contribution is -2.49. The summed E-state index contributed by atoms with van der Waals surface area (Å²) in [5, 5.41) is 15.7. The summed E-state index contributed by atoms with van der Waals surface area (Å²) in [6, 6.07) is 24.5. The molecule has 0 aromatic heterocycles.